The lowest BCUT2D eigenvalue weighted by molar-refractivity contribution is -0.119. The second-order valence-corrected chi connectivity index (χ2v) is 6.53. The van der Waals surface area contributed by atoms with Gasteiger partial charge in [-0.2, -0.15) is 0 Å². The molecule has 0 spiro atoms. The molecule has 0 saturated heterocycles. The fraction of sp³-hybridized carbons (Fsp3) is 0.278. The lowest BCUT2D eigenvalue weighted by Gasteiger charge is -2.29. The van der Waals surface area contributed by atoms with Gasteiger partial charge in [-0.15, -0.1) is 0 Å². The predicted octanol–water partition coefficient (Wildman–Crippen LogP) is 4.80. The number of fused-ring (bicyclic) bond motifs is 1. The lowest BCUT2D eigenvalue weighted by Crippen LogP contribution is -2.36. The Morgan fingerprint density at radius 3 is 2.62 bits per heavy atom. The van der Waals surface area contributed by atoms with Gasteiger partial charge in [0.15, 0.2) is 0 Å². The SMILES string of the molecule is CCC[C@]1(c2ccccc2C)C(=O)Nc2cc(Br)ccc21. The van der Waals surface area contributed by atoms with Gasteiger partial charge >= 0.3 is 0 Å². The molecule has 3 rings (SSSR count). The van der Waals surface area contributed by atoms with E-state index in [1.165, 1.54) is 0 Å². The van der Waals surface area contributed by atoms with Crippen LogP contribution in [0.15, 0.2) is 46.9 Å². The van der Waals surface area contributed by atoms with E-state index in [0.717, 1.165) is 39.7 Å². The molecule has 1 atom stereocenters. The van der Waals surface area contributed by atoms with E-state index in [0.29, 0.717) is 0 Å². The maximum atomic E-state index is 12.9. The molecule has 0 saturated carbocycles. The Balaban J connectivity index is 2.29. The van der Waals surface area contributed by atoms with Crippen LogP contribution in [0.4, 0.5) is 5.69 Å². The van der Waals surface area contributed by atoms with Gasteiger partial charge in [-0.3, -0.25) is 4.79 Å². The Kier molecular flexibility index (Phi) is 3.62. The Morgan fingerprint density at radius 1 is 1.14 bits per heavy atom. The fourth-order valence-corrected chi connectivity index (χ4v) is 3.78. The third-order valence-electron chi connectivity index (χ3n) is 4.31. The zero-order valence-corrected chi connectivity index (χ0v) is 13.8. The first kappa shape index (κ1) is 14.3. The van der Waals surface area contributed by atoms with Crippen molar-refractivity contribution in [3.63, 3.8) is 0 Å². The molecule has 1 aliphatic rings. The number of amides is 1. The molecule has 0 fully saturated rings. The van der Waals surface area contributed by atoms with Gasteiger partial charge < -0.3 is 5.32 Å². The molecule has 0 unspecified atom stereocenters. The van der Waals surface area contributed by atoms with Gasteiger partial charge in [-0.1, -0.05) is 59.6 Å². The molecule has 3 heteroatoms. The van der Waals surface area contributed by atoms with Gasteiger partial charge in [-0.25, -0.2) is 0 Å². The van der Waals surface area contributed by atoms with Crippen molar-refractivity contribution in [2.45, 2.75) is 32.1 Å². The monoisotopic (exact) mass is 343 g/mol. The first-order chi connectivity index (χ1) is 10.1. The van der Waals surface area contributed by atoms with E-state index < -0.39 is 5.41 Å². The van der Waals surface area contributed by atoms with Crippen molar-refractivity contribution in [2.24, 2.45) is 0 Å². The quantitative estimate of drug-likeness (QED) is 0.852. The van der Waals surface area contributed by atoms with Crippen molar-refractivity contribution in [2.75, 3.05) is 5.32 Å². The van der Waals surface area contributed by atoms with Crippen LogP contribution in [-0.2, 0) is 10.2 Å². The molecule has 0 radical (unpaired) electrons. The number of halogens is 1. The Hall–Kier alpha value is -1.61. The minimum absolute atomic E-state index is 0.0896. The molecule has 2 nitrogen and oxygen atoms in total. The van der Waals surface area contributed by atoms with Gasteiger partial charge in [0.05, 0.1) is 0 Å². The summed E-state index contributed by atoms with van der Waals surface area (Å²) in [6.07, 6.45) is 1.77. The second-order valence-electron chi connectivity index (χ2n) is 5.61. The molecular weight excluding hydrogens is 326 g/mol. The number of carbonyl (C=O) groups is 1. The number of anilines is 1. The zero-order valence-electron chi connectivity index (χ0n) is 12.2. The van der Waals surface area contributed by atoms with Crippen LogP contribution < -0.4 is 5.32 Å². The van der Waals surface area contributed by atoms with Crippen LogP contribution >= 0.6 is 15.9 Å². The van der Waals surface area contributed by atoms with Gasteiger partial charge in [0.1, 0.15) is 5.41 Å². The Bertz CT molecular complexity index is 710. The highest BCUT2D eigenvalue weighted by atomic mass is 79.9. The van der Waals surface area contributed by atoms with Gasteiger partial charge in [-0.05, 0) is 42.2 Å². The van der Waals surface area contributed by atoms with Crippen LogP contribution in [-0.4, -0.2) is 5.91 Å². The minimum atomic E-state index is -0.559. The summed E-state index contributed by atoms with van der Waals surface area (Å²) in [6.45, 7) is 4.21. The first-order valence-electron chi connectivity index (χ1n) is 7.27. The molecular formula is C18H18BrNO. The van der Waals surface area contributed by atoms with Crippen molar-refractivity contribution in [1.29, 1.82) is 0 Å². The van der Waals surface area contributed by atoms with Crippen molar-refractivity contribution >= 4 is 27.5 Å². The van der Waals surface area contributed by atoms with Crippen molar-refractivity contribution in [3.8, 4) is 0 Å². The summed E-state index contributed by atoms with van der Waals surface area (Å²) in [5, 5.41) is 3.07. The Morgan fingerprint density at radius 2 is 1.90 bits per heavy atom. The molecule has 0 aromatic heterocycles. The largest absolute Gasteiger partial charge is 0.325 e. The van der Waals surface area contributed by atoms with Crippen LogP contribution in [0.3, 0.4) is 0 Å². The van der Waals surface area contributed by atoms with Gasteiger partial charge in [0.25, 0.3) is 0 Å². The third-order valence-corrected chi connectivity index (χ3v) is 4.80. The highest BCUT2D eigenvalue weighted by Gasteiger charge is 2.47. The maximum absolute atomic E-state index is 12.9. The average molecular weight is 344 g/mol. The highest BCUT2D eigenvalue weighted by molar-refractivity contribution is 9.10. The molecule has 1 heterocycles. The van der Waals surface area contributed by atoms with Crippen LogP contribution in [0.5, 0.6) is 0 Å². The number of nitrogens with one attached hydrogen (secondary N) is 1. The van der Waals surface area contributed by atoms with Gasteiger partial charge in [0.2, 0.25) is 5.91 Å². The molecule has 1 amide bonds. The van der Waals surface area contributed by atoms with Crippen LogP contribution in [0.2, 0.25) is 0 Å². The summed E-state index contributed by atoms with van der Waals surface area (Å²) < 4.78 is 0.985. The number of hydrogen-bond donors (Lipinski definition) is 1. The summed E-state index contributed by atoms with van der Waals surface area (Å²) in [4.78, 5) is 12.9. The molecule has 2 aromatic rings. The molecule has 21 heavy (non-hydrogen) atoms. The molecule has 1 N–H and O–H groups in total. The normalized spacial score (nSPS) is 20.2. The van der Waals surface area contributed by atoms with E-state index in [1.54, 1.807) is 0 Å². The number of hydrogen-bond acceptors (Lipinski definition) is 1. The topological polar surface area (TPSA) is 29.1 Å². The lowest BCUT2D eigenvalue weighted by atomic mass is 9.71. The molecule has 2 aromatic carbocycles. The van der Waals surface area contributed by atoms with Crippen molar-refractivity contribution in [3.05, 3.63) is 63.6 Å². The number of carbonyl (C=O) groups excluding carboxylic acids is 1. The van der Waals surface area contributed by atoms with Gasteiger partial charge in [0, 0.05) is 10.2 Å². The highest BCUT2D eigenvalue weighted by Crippen LogP contribution is 2.47. The molecule has 0 bridgehead atoms. The van der Waals surface area contributed by atoms with E-state index >= 15 is 0 Å². The van der Waals surface area contributed by atoms with Crippen LogP contribution in [0, 0.1) is 6.92 Å². The second kappa shape index (κ2) is 5.30. The predicted molar refractivity (Wildman–Crippen MR) is 89.6 cm³/mol. The zero-order chi connectivity index (χ0) is 15.0. The summed E-state index contributed by atoms with van der Waals surface area (Å²) in [5.74, 6) is 0.0896. The summed E-state index contributed by atoms with van der Waals surface area (Å²) in [6, 6.07) is 14.3. The Labute approximate surface area is 133 Å². The molecule has 108 valence electrons. The van der Waals surface area contributed by atoms with Crippen LogP contribution in [0.25, 0.3) is 0 Å². The van der Waals surface area contributed by atoms with Crippen molar-refractivity contribution in [1.82, 2.24) is 0 Å². The molecule has 0 aliphatic carbocycles. The summed E-state index contributed by atoms with van der Waals surface area (Å²) in [5.41, 5.74) is 3.73. The minimum Gasteiger partial charge on any atom is -0.325 e. The molecule has 1 aliphatic heterocycles. The number of rotatable bonds is 3. The smallest absolute Gasteiger partial charge is 0.239 e. The number of benzene rings is 2. The van der Waals surface area contributed by atoms with E-state index in [2.05, 4.69) is 53.3 Å². The van der Waals surface area contributed by atoms with E-state index in [-0.39, 0.29) is 5.91 Å². The van der Waals surface area contributed by atoms with Crippen LogP contribution in [0.1, 0.15) is 36.5 Å². The maximum Gasteiger partial charge on any atom is 0.239 e. The fourth-order valence-electron chi connectivity index (χ4n) is 3.42. The van der Waals surface area contributed by atoms with E-state index in [1.807, 2.05) is 24.3 Å². The van der Waals surface area contributed by atoms with E-state index in [4.69, 9.17) is 0 Å². The average Bonchev–Trinajstić information content (AvgIpc) is 2.72. The number of aryl methyl sites for hydroxylation is 1. The standard InChI is InChI=1S/C18H18BrNO/c1-3-10-18(14-7-5-4-6-12(14)2)15-9-8-13(19)11-16(15)20-17(18)21/h4-9,11H,3,10H2,1-2H3,(H,20,21)/t18-/m1/s1. The van der Waals surface area contributed by atoms with E-state index in [9.17, 15) is 4.79 Å². The third kappa shape index (κ3) is 2.11. The summed E-state index contributed by atoms with van der Waals surface area (Å²) >= 11 is 3.48. The first-order valence-corrected chi connectivity index (χ1v) is 8.06. The van der Waals surface area contributed by atoms with Crippen molar-refractivity contribution < 1.29 is 4.79 Å². The summed E-state index contributed by atoms with van der Waals surface area (Å²) in [7, 11) is 0.